The number of hydrogen-bond donors (Lipinski definition) is 0. The number of methoxy groups -OCH3 is 1. The molecule has 4 heteroatoms. The Morgan fingerprint density at radius 3 is 2.58 bits per heavy atom. The first kappa shape index (κ1) is 13.4. The Hall–Kier alpha value is -2.07. The summed E-state index contributed by atoms with van der Waals surface area (Å²) in [5.41, 5.74) is 0.906. The summed E-state index contributed by atoms with van der Waals surface area (Å²) in [6.07, 6.45) is 1.62. The Morgan fingerprint density at radius 2 is 2.00 bits per heavy atom. The average Bonchev–Trinajstić information content (AvgIpc) is 2.93. The van der Waals surface area contributed by atoms with Gasteiger partial charge in [0, 0.05) is 0 Å². The first-order valence-corrected chi connectivity index (χ1v) is 6.07. The van der Waals surface area contributed by atoms with Crippen LogP contribution in [0.4, 0.5) is 0 Å². The molecule has 4 nitrogen and oxygen atoms in total. The third-order valence-corrected chi connectivity index (χ3v) is 2.97. The van der Waals surface area contributed by atoms with Gasteiger partial charge in [-0.1, -0.05) is 30.3 Å². The maximum atomic E-state index is 12.0. The summed E-state index contributed by atoms with van der Waals surface area (Å²) in [5.74, 6) is 0.535. The molecule has 0 saturated heterocycles. The molecule has 0 N–H and O–H groups in total. The molecular formula is C15H17NO3. The van der Waals surface area contributed by atoms with Crippen molar-refractivity contribution in [1.82, 2.24) is 4.90 Å². The molecule has 0 bridgehead atoms. The molecular weight excluding hydrogens is 242 g/mol. The van der Waals surface area contributed by atoms with Crippen LogP contribution in [0.5, 0.6) is 0 Å². The lowest BCUT2D eigenvalue weighted by Crippen LogP contribution is -2.31. The average molecular weight is 259 g/mol. The van der Waals surface area contributed by atoms with E-state index in [1.165, 1.54) is 7.11 Å². The number of carbonyl (C=O) groups is 1. The van der Waals surface area contributed by atoms with Gasteiger partial charge in [0.05, 0.1) is 19.9 Å². The summed E-state index contributed by atoms with van der Waals surface area (Å²) in [6, 6.07) is 12.9. The summed E-state index contributed by atoms with van der Waals surface area (Å²) < 4.78 is 10.2. The van der Waals surface area contributed by atoms with Gasteiger partial charge in [-0.05, 0) is 24.7 Å². The molecule has 1 aromatic heterocycles. The molecule has 1 aromatic carbocycles. The van der Waals surface area contributed by atoms with Gasteiger partial charge in [0.1, 0.15) is 11.8 Å². The summed E-state index contributed by atoms with van der Waals surface area (Å²) in [5, 5.41) is 0. The van der Waals surface area contributed by atoms with Crippen molar-refractivity contribution in [3.05, 3.63) is 60.1 Å². The summed E-state index contributed by atoms with van der Waals surface area (Å²) in [4.78, 5) is 13.9. The zero-order chi connectivity index (χ0) is 13.7. The summed E-state index contributed by atoms with van der Waals surface area (Å²) in [6.45, 7) is 0.543. The Bertz CT molecular complexity index is 507. The maximum Gasteiger partial charge on any atom is 0.327 e. The molecule has 2 aromatic rings. The molecule has 2 rings (SSSR count). The quantitative estimate of drug-likeness (QED) is 0.774. The van der Waals surface area contributed by atoms with Gasteiger partial charge >= 0.3 is 5.97 Å². The van der Waals surface area contributed by atoms with Crippen molar-refractivity contribution < 1.29 is 13.9 Å². The fraction of sp³-hybridized carbons (Fsp3) is 0.267. The highest BCUT2D eigenvalue weighted by atomic mass is 16.5. The van der Waals surface area contributed by atoms with Crippen molar-refractivity contribution in [1.29, 1.82) is 0 Å². The van der Waals surface area contributed by atoms with E-state index < -0.39 is 6.04 Å². The minimum absolute atomic E-state index is 0.278. The first-order chi connectivity index (χ1) is 9.22. The number of rotatable bonds is 5. The van der Waals surface area contributed by atoms with Crippen LogP contribution in [0.1, 0.15) is 17.4 Å². The van der Waals surface area contributed by atoms with Gasteiger partial charge in [0.2, 0.25) is 0 Å². The van der Waals surface area contributed by atoms with Gasteiger partial charge in [-0.3, -0.25) is 4.90 Å². The van der Waals surface area contributed by atoms with Crippen molar-refractivity contribution >= 4 is 5.97 Å². The molecule has 0 fully saturated rings. The number of carbonyl (C=O) groups excluding carboxylic acids is 1. The molecule has 0 aliphatic carbocycles. The maximum absolute atomic E-state index is 12.0. The van der Waals surface area contributed by atoms with Gasteiger partial charge in [-0.25, -0.2) is 4.79 Å². The van der Waals surface area contributed by atoms with Crippen molar-refractivity contribution in [3.63, 3.8) is 0 Å². The molecule has 0 spiro atoms. The number of furan rings is 1. The van der Waals surface area contributed by atoms with Crippen LogP contribution >= 0.6 is 0 Å². The zero-order valence-electron chi connectivity index (χ0n) is 11.1. The van der Waals surface area contributed by atoms with Crippen LogP contribution in [0.2, 0.25) is 0 Å². The highest BCUT2D eigenvalue weighted by Gasteiger charge is 2.26. The molecule has 0 aliphatic heterocycles. The van der Waals surface area contributed by atoms with Crippen molar-refractivity contribution in [2.75, 3.05) is 14.2 Å². The van der Waals surface area contributed by atoms with Crippen LogP contribution in [-0.4, -0.2) is 25.0 Å². The molecule has 0 radical (unpaired) electrons. The van der Waals surface area contributed by atoms with E-state index in [4.69, 9.17) is 9.15 Å². The van der Waals surface area contributed by atoms with Gasteiger partial charge in [0.15, 0.2) is 0 Å². The minimum atomic E-state index is -0.434. The van der Waals surface area contributed by atoms with Crippen molar-refractivity contribution in [2.24, 2.45) is 0 Å². The SMILES string of the molecule is COC(=O)[C@@H](c1ccccc1)N(C)Cc1ccco1. The number of esters is 1. The van der Waals surface area contributed by atoms with E-state index >= 15 is 0 Å². The van der Waals surface area contributed by atoms with Gasteiger partial charge < -0.3 is 9.15 Å². The van der Waals surface area contributed by atoms with Crippen LogP contribution in [0.15, 0.2) is 53.1 Å². The van der Waals surface area contributed by atoms with E-state index in [1.54, 1.807) is 6.26 Å². The van der Waals surface area contributed by atoms with Crippen LogP contribution in [-0.2, 0) is 16.1 Å². The molecule has 0 saturated carbocycles. The van der Waals surface area contributed by atoms with Crippen molar-refractivity contribution in [2.45, 2.75) is 12.6 Å². The lowest BCUT2D eigenvalue weighted by atomic mass is 10.1. The van der Waals surface area contributed by atoms with Crippen LogP contribution < -0.4 is 0 Å². The molecule has 19 heavy (non-hydrogen) atoms. The first-order valence-electron chi connectivity index (χ1n) is 6.07. The van der Waals surface area contributed by atoms with Gasteiger partial charge in [0.25, 0.3) is 0 Å². The van der Waals surface area contributed by atoms with Crippen molar-refractivity contribution in [3.8, 4) is 0 Å². The van der Waals surface area contributed by atoms with Crippen LogP contribution in [0, 0.1) is 0 Å². The molecule has 0 unspecified atom stereocenters. The van der Waals surface area contributed by atoms with E-state index in [0.29, 0.717) is 6.54 Å². The third-order valence-electron chi connectivity index (χ3n) is 2.97. The van der Waals surface area contributed by atoms with Crippen LogP contribution in [0.3, 0.4) is 0 Å². The smallest absolute Gasteiger partial charge is 0.327 e. The Morgan fingerprint density at radius 1 is 1.26 bits per heavy atom. The Kier molecular flexibility index (Phi) is 4.36. The predicted octanol–water partition coefficient (Wildman–Crippen LogP) is 2.63. The van der Waals surface area contributed by atoms with E-state index in [1.807, 2.05) is 54.4 Å². The number of hydrogen-bond acceptors (Lipinski definition) is 4. The minimum Gasteiger partial charge on any atom is -0.468 e. The third kappa shape index (κ3) is 3.23. The lowest BCUT2D eigenvalue weighted by Gasteiger charge is -2.25. The largest absolute Gasteiger partial charge is 0.468 e. The lowest BCUT2D eigenvalue weighted by molar-refractivity contribution is -0.147. The highest BCUT2D eigenvalue weighted by Crippen LogP contribution is 2.22. The summed E-state index contributed by atoms with van der Waals surface area (Å²) in [7, 11) is 3.27. The highest BCUT2D eigenvalue weighted by molar-refractivity contribution is 5.77. The van der Waals surface area contributed by atoms with Gasteiger partial charge in [-0.2, -0.15) is 0 Å². The second-order valence-corrected chi connectivity index (χ2v) is 4.33. The normalized spacial score (nSPS) is 12.4. The predicted molar refractivity (Wildman–Crippen MR) is 71.4 cm³/mol. The molecule has 100 valence electrons. The standard InChI is InChI=1S/C15H17NO3/c1-16(11-13-9-6-10-19-13)14(15(17)18-2)12-7-4-3-5-8-12/h3-10,14H,11H2,1-2H3/t14-/m1/s1. The topological polar surface area (TPSA) is 42.7 Å². The van der Waals surface area contributed by atoms with E-state index in [0.717, 1.165) is 11.3 Å². The van der Waals surface area contributed by atoms with Gasteiger partial charge in [-0.15, -0.1) is 0 Å². The summed E-state index contributed by atoms with van der Waals surface area (Å²) >= 11 is 0. The number of nitrogens with zero attached hydrogens (tertiary/aromatic N) is 1. The van der Waals surface area contributed by atoms with E-state index in [-0.39, 0.29) is 5.97 Å². The number of ether oxygens (including phenoxy) is 1. The number of benzene rings is 1. The molecule has 0 aliphatic rings. The zero-order valence-corrected chi connectivity index (χ0v) is 11.1. The Labute approximate surface area is 112 Å². The second kappa shape index (κ2) is 6.20. The molecule has 0 amide bonds. The second-order valence-electron chi connectivity index (χ2n) is 4.33. The molecule has 1 atom stereocenters. The van der Waals surface area contributed by atoms with E-state index in [2.05, 4.69) is 0 Å². The molecule has 1 heterocycles. The van der Waals surface area contributed by atoms with E-state index in [9.17, 15) is 4.79 Å². The van der Waals surface area contributed by atoms with Crippen LogP contribution in [0.25, 0.3) is 0 Å². The Balaban J connectivity index is 2.20. The fourth-order valence-corrected chi connectivity index (χ4v) is 2.06. The number of likely N-dealkylation sites (N-methyl/N-ethyl adjacent to an activating group) is 1. The fourth-order valence-electron chi connectivity index (χ4n) is 2.06. The monoisotopic (exact) mass is 259 g/mol.